The van der Waals surface area contributed by atoms with Crippen LogP contribution in [0.1, 0.15) is 22.8 Å². The van der Waals surface area contributed by atoms with Gasteiger partial charge in [-0.25, -0.2) is 4.79 Å². The number of methoxy groups -OCH3 is 1. The zero-order chi connectivity index (χ0) is 12.8. The molecule has 0 amide bonds. The lowest BCUT2D eigenvalue weighted by molar-refractivity contribution is -0.136. The van der Waals surface area contributed by atoms with Gasteiger partial charge in [0.1, 0.15) is 0 Å². The summed E-state index contributed by atoms with van der Waals surface area (Å²) < 4.78 is 4.58. The van der Waals surface area contributed by atoms with Gasteiger partial charge >= 0.3 is 11.9 Å². The molecule has 0 aromatic heterocycles. The number of carboxylic acids is 1. The van der Waals surface area contributed by atoms with Gasteiger partial charge in [0.2, 0.25) is 0 Å². The molecule has 0 aliphatic carbocycles. The number of carboxylic acid groups (broad SMARTS) is 1. The quantitative estimate of drug-likeness (QED) is 0.816. The molecule has 1 aromatic carbocycles. The Hall–Kier alpha value is -1.49. The fourth-order valence-corrected chi connectivity index (χ4v) is 1.92. The van der Waals surface area contributed by atoms with Crippen LogP contribution in [0.3, 0.4) is 0 Å². The third-order valence-corrected chi connectivity index (χ3v) is 3.42. The van der Waals surface area contributed by atoms with Crippen LogP contribution in [0.2, 0.25) is 0 Å². The van der Waals surface area contributed by atoms with Crippen LogP contribution in [-0.4, -0.2) is 29.4 Å². The Labute approximate surface area is 104 Å². The number of benzene rings is 1. The van der Waals surface area contributed by atoms with E-state index >= 15 is 0 Å². The summed E-state index contributed by atoms with van der Waals surface area (Å²) in [5.41, 5.74) is 1.48. The van der Waals surface area contributed by atoms with Crippen molar-refractivity contribution in [1.82, 2.24) is 0 Å². The lowest BCUT2D eigenvalue weighted by Crippen LogP contribution is -2.11. The van der Waals surface area contributed by atoms with Crippen LogP contribution in [-0.2, 0) is 15.3 Å². The SMILES string of the molecule is COC(=O)c1ccc(CSC(C)C(=O)O)cc1. The monoisotopic (exact) mass is 254 g/mol. The Morgan fingerprint density at radius 2 is 1.94 bits per heavy atom. The number of hydrogen-bond acceptors (Lipinski definition) is 4. The topological polar surface area (TPSA) is 63.6 Å². The molecular weight excluding hydrogens is 240 g/mol. The third-order valence-electron chi connectivity index (χ3n) is 2.22. The molecule has 0 aliphatic rings. The van der Waals surface area contributed by atoms with E-state index in [1.54, 1.807) is 31.2 Å². The standard InChI is InChI=1S/C12H14O4S/c1-8(11(13)14)17-7-9-3-5-10(6-4-9)12(15)16-2/h3-6,8H,7H2,1-2H3,(H,13,14). The summed E-state index contributed by atoms with van der Waals surface area (Å²) in [5.74, 6) is -0.584. The van der Waals surface area contributed by atoms with Crippen LogP contribution in [0.15, 0.2) is 24.3 Å². The second kappa shape index (κ2) is 6.30. The van der Waals surface area contributed by atoms with Crippen molar-refractivity contribution in [2.45, 2.75) is 17.9 Å². The molecule has 1 aromatic rings. The maximum Gasteiger partial charge on any atom is 0.337 e. The summed E-state index contributed by atoms with van der Waals surface area (Å²) in [5, 5.41) is 8.29. The molecule has 0 fully saturated rings. The highest BCUT2D eigenvalue weighted by atomic mass is 32.2. The van der Waals surface area contributed by atoms with Gasteiger partial charge in [0.25, 0.3) is 0 Å². The summed E-state index contributed by atoms with van der Waals surface area (Å²) in [4.78, 5) is 21.8. The van der Waals surface area contributed by atoms with Crippen molar-refractivity contribution < 1.29 is 19.4 Å². The third kappa shape index (κ3) is 4.11. The minimum absolute atomic E-state index is 0.372. The first-order chi connectivity index (χ1) is 8.04. The van der Waals surface area contributed by atoms with E-state index in [0.29, 0.717) is 11.3 Å². The molecular formula is C12H14O4S. The zero-order valence-corrected chi connectivity index (χ0v) is 10.5. The van der Waals surface area contributed by atoms with E-state index in [9.17, 15) is 9.59 Å². The molecule has 92 valence electrons. The predicted molar refractivity (Wildman–Crippen MR) is 66.2 cm³/mol. The molecule has 1 atom stereocenters. The van der Waals surface area contributed by atoms with Gasteiger partial charge in [-0.15, -0.1) is 11.8 Å². The van der Waals surface area contributed by atoms with E-state index in [0.717, 1.165) is 5.56 Å². The molecule has 0 aliphatic heterocycles. The van der Waals surface area contributed by atoms with Gasteiger partial charge in [0.15, 0.2) is 0 Å². The van der Waals surface area contributed by atoms with Gasteiger partial charge < -0.3 is 9.84 Å². The van der Waals surface area contributed by atoms with Crippen LogP contribution in [0.5, 0.6) is 0 Å². The second-order valence-electron chi connectivity index (χ2n) is 3.48. The van der Waals surface area contributed by atoms with Gasteiger partial charge in [-0.1, -0.05) is 12.1 Å². The number of esters is 1. The normalized spacial score (nSPS) is 11.9. The highest BCUT2D eigenvalue weighted by molar-refractivity contribution is 7.99. The van der Waals surface area contributed by atoms with Crippen LogP contribution >= 0.6 is 11.8 Å². The first kappa shape index (κ1) is 13.6. The molecule has 5 heteroatoms. The van der Waals surface area contributed by atoms with Crippen molar-refractivity contribution in [2.24, 2.45) is 0 Å². The first-order valence-corrected chi connectivity index (χ1v) is 6.11. The number of thioether (sulfide) groups is 1. The van der Waals surface area contributed by atoms with E-state index < -0.39 is 11.2 Å². The summed E-state index contributed by atoms with van der Waals surface area (Å²) >= 11 is 1.34. The number of carbonyl (C=O) groups excluding carboxylic acids is 1. The average Bonchev–Trinajstić information content (AvgIpc) is 2.35. The molecule has 4 nitrogen and oxygen atoms in total. The minimum atomic E-state index is -0.818. The number of hydrogen-bond donors (Lipinski definition) is 1. The van der Waals surface area contributed by atoms with E-state index in [1.807, 2.05) is 0 Å². The van der Waals surface area contributed by atoms with E-state index in [4.69, 9.17) is 5.11 Å². The summed E-state index contributed by atoms with van der Waals surface area (Å²) in [6, 6.07) is 6.95. The van der Waals surface area contributed by atoms with Crippen molar-refractivity contribution in [2.75, 3.05) is 7.11 Å². The Morgan fingerprint density at radius 1 is 1.35 bits per heavy atom. The number of carbonyl (C=O) groups is 2. The molecule has 0 saturated carbocycles. The van der Waals surface area contributed by atoms with Gasteiger partial charge in [0.05, 0.1) is 17.9 Å². The van der Waals surface area contributed by atoms with Crippen molar-refractivity contribution in [3.8, 4) is 0 Å². The Balaban J connectivity index is 2.57. The smallest absolute Gasteiger partial charge is 0.337 e. The van der Waals surface area contributed by atoms with Gasteiger partial charge in [-0.3, -0.25) is 4.79 Å². The van der Waals surface area contributed by atoms with Gasteiger partial charge in [-0.2, -0.15) is 0 Å². The van der Waals surface area contributed by atoms with Crippen molar-refractivity contribution in [1.29, 1.82) is 0 Å². The molecule has 1 N–H and O–H groups in total. The number of aliphatic carboxylic acids is 1. The summed E-state index contributed by atoms with van der Waals surface area (Å²) in [6.45, 7) is 1.65. The molecule has 0 radical (unpaired) electrons. The van der Waals surface area contributed by atoms with Crippen LogP contribution < -0.4 is 0 Å². The summed E-state index contributed by atoms with van der Waals surface area (Å²) in [7, 11) is 1.33. The first-order valence-electron chi connectivity index (χ1n) is 5.06. The average molecular weight is 254 g/mol. The molecule has 0 spiro atoms. The second-order valence-corrected chi connectivity index (χ2v) is 4.81. The van der Waals surface area contributed by atoms with E-state index in [-0.39, 0.29) is 5.97 Å². The summed E-state index contributed by atoms with van der Waals surface area (Å²) in [6.07, 6.45) is 0. The van der Waals surface area contributed by atoms with Gasteiger partial charge in [-0.05, 0) is 24.6 Å². The maximum atomic E-state index is 11.2. The number of ether oxygens (including phenoxy) is 1. The Kier molecular flexibility index (Phi) is 5.03. The fourth-order valence-electron chi connectivity index (χ4n) is 1.15. The molecule has 1 unspecified atom stereocenters. The minimum Gasteiger partial charge on any atom is -0.480 e. The zero-order valence-electron chi connectivity index (χ0n) is 9.67. The van der Waals surface area contributed by atoms with Crippen LogP contribution in [0, 0.1) is 0 Å². The van der Waals surface area contributed by atoms with Crippen LogP contribution in [0.4, 0.5) is 0 Å². The largest absolute Gasteiger partial charge is 0.480 e. The molecule has 1 rings (SSSR count). The van der Waals surface area contributed by atoms with E-state index in [1.165, 1.54) is 18.9 Å². The fraction of sp³-hybridized carbons (Fsp3) is 0.333. The predicted octanol–water partition coefficient (Wildman–Crippen LogP) is 2.18. The van der Waals surface area contributed by atoms with Crippen molar-refractivity contribution in [3.63, 3.8) is 0 Å². The van der Waals surface area contributed by atoms with E-state index in [2.05, 4.69) is 4.74 Å². The highest BCUT2D eigenvalue weighted by Gasteiger charge is 2.11. The van der Waals surface area contributed by atoms with Crippen LogP contribution in [0.25, 0.3) is 0 Å². The van der Waals surface area contributed by atoms with Gasteiger partial charge in [0, 0.05) is 5.75 Å². The van der Waals surface area contributed by atoms with Crippen molar-refractivity contribution in [3.05, 3.63) is 35.4 Å². The lowest BCUT2D eigenvalue weighted by Gasteiger charge is -2.06. The highest BCUT2D eigenvalue weighted by Crippen LogP contribution is 2.18. The lowest BCUT2D eigenvalue weighted by atomic mass is 10.1. The maximum absolute atomic E-state index is 11.2. The van der Waals surface area contributed by atoms with Crippen molar-refractivity contribution >= 4 is 23.7 Å². The Morgan fingerprint density at radius 3 is 2.41 bits per heavy atom. The molecule has 0 heterocycles. The number of rotatable bonds is 5. The molecule has 0 saturated heterocycles. The molecule has 0 bridgehead atoms. The Bertz CT molecular complexity index is 399. The molecule has 17 heavy (non-hydrogen) atoms.